The van der Waals surface area contributed by atoms with E-state index in [1.165, 1.54) is 5.56 Å². The fourth-order valence-electron chi connectivity index (χ4n) is 10.8. The Kier molecular flexibility index (Phi) is 6.65. The van der Waals surface area contributed by atoms with E-state index in [-0.39, 0.29) is 39.5 Å². The predicted molar refractivity (Wildman–Crippen MR) is 170 cm³/mol. The van der Waals surface area contributed by atoms with E-state index >= 15 is 0 Å². The standard InChI is InChI=1S/C37H47NO3S/c1-25-10-11-29(42-25)32(40)28-23-35-19-20-37(28)30(33(35,2)16-12-27(39)22-35)13-17-34(3)31(37)14-18-36(34,41)24-38(4)21-15-26-8-6-5-7-9-26/h5-11,19-20,23,27,30-31,39,41H,12-18,21-22,24H2,1-4H3. The monoisotopic (exact) mass is 585 g/mol. The van der Waals surface area contributed by atoms with Crippen LogP contribution in [0.15, 0.2) is 66.3 Å². The maximum Gasteiger partial charge on any atom is 0.199 e. The molecule has 4 nitrogen and oxygen atoms in total. The van der Waals surface area contributed by atoms with Crippen molar-refractivity contribution in [2.45, 2.75) is 83.8 Å². The van der Waals surface area contributed by atoms with Gasteiger partial charge in [-0.3, -0.25) is 4.79 Å². The molecular formula is C37H47NO3S. The highest BCUT2D eigenvalue weighted by Crippen LogP contribution is 2.78. The van der Waals surface area contributed by atoms with E-state index in [0.29, 0.717) is 18.9 Å². The van der Waals surface area contributed by atoms with Crippen LogP contribution >= 0.6 is 11.3 Å². The van der Waals surface area contributed by atoms with Gasteiger partial charge in [-0.25, -0.2) is 0 Å². The lowest BCUT2D eigenvalue weighted by Gasteiger charge is -2.71. The number of hydrogen-bond donors (Lipinski definition) is 2. The Hall–Kier alpha value is -2.05. The average Bonchev–Trinajstić information content (AvgIpc) is 3.52. The molecule has 1 heterocycles. The van der Waals surface area contributed by atoms with Gasteiger partial charge >= 0.3 is 0 Å². The Balaban J connectivity index is 1.26. The number of aryl methyl sites for hydroxylation is 1. The van der Waals surface area contributed by atoms with Crippen molar-refractivity contribution in [1.82, 2.24) is 4.90 Å². The van der Waals surface area contributed by atoms with Crippen molar-refractivity contribution in [2.24, 2.45) is 33.5 Å². The number of likely N-dealkylation sites (N-methyl/N-ethyl adjacent to an activating group) is 1. The third kappa shape index (κ3) is 3.85. The summed E-state index contributed by atoms with van der Waals surface area (Å²) in [4.78, 5) is 18.8. The van der Waals surface area contributed by atoms with Crippen LogP contribution in [0.1, 0.15) is 78.9 Å². The number of nitrogens with zero attached hydrogens (tertiary/aromatic N) is 1. The SMILES string of the molecule is Cc1ccc(C(=O)C2=CC34C=CC25C(CCC2(C)C5CCC2(O)CN(C)CCc2ccccc2)C3(C)CCC(O)C4)s1. The van der Waals surface area contributed by atoms with Crippen molar-refractivity contribution in [3.8, 4) is 0 Å². The second-order valence-corrected chi connectivity index (χ2v) is 16.3. The van der Waals surface area contributed by atoms with Crippen molar-refractivity contribution >= 4 is 17.1 Å². The van der Waals surface area contributed by atoms with E-state index in [1.807, 2.05) is 6.07 Å². The molecular weight excluding hydrogens is 538 g/mol. The van der Waals surface area contributed by atoms with E-state index in [1.54, 1.807) is 11.3 Å². The van der Waals surface area contributed by atoms with Gasteiger partial charge in [0.05, 0.1) is 16.6 Å². The molecule has 0 radical (unpaired) electrons. The highest BCUT2D eigenvalue weighted by molar-refractivity contribution is 7.14. The smallest absolute Gasteiger partial charge is 0.199 e. The lowest BCUT2D eigenvalue weighted by Crippen LogP contribution is -2.67. The first-order chi connectivity index (χ1) is 20.0. The first-order valence-electron chi connectivity index (χ1n) is 16.1. The number of aliphatic hydroxyl groups is 2. The van der Waals surface area contributed by atoms with Crippen LogP contribution in [-0.4, -0.2) is 52.7 Å². The minimum Gasteiger partial charge on any atom is -0.393 e. The minimum atomic E-state index is -0.806. The Morgan fingerprint density at radius 3 is 2.43 bits per heavy atom. The van der Waals surface area contributed by atoms with Crippen LogP contribution in [0.5, 0.6) is 0 Å². The molecule has 8 rings (SSSR count). The van der Waals surface area contributed by atoms with Gasteiger partial charge in [-0.05, 0) is 100 Å². The zero-order valence-electron chi connectivity index (χ0n) is 25.7. The third-order valence-electron chi connectivity index (χ3n) is 13.1. The molecule has 3 saturated carbocycles. The third-order valence-corrected chi connectivity index (χ3v) is 14.1. The quantitative estimate of drug-likeness (QED) is 0.271. The van der Waals surface area contributed by atoms with Gasteiger partial charge in [0, 0.05) is 39.8 Å². The molecule has 3 fully saturated rings. The molecule has 1 aromatic carbocycles. The van der Waals surface area contributed by atoms with Gasteiger partial charge in [0.15, 0.2) is 5.78 Å². The van der Waals surface area contributed by atoms with Crippen LogP contribution in [0.3, 0.4) is 0 Å². The van der Waals surface area contributed by atoms with E-state index in [0.717, 1.165) is 66.8 Å². The number of carbonyl (C=O) groups is 1. The molecule has 8 atom stereocenters. The van der Waals surface area contributed by atoms with Gasteiger partial charge in [0.2, 0.25) is 0 Å². The highest BCUT2D eigenvalue weighted by atomic mass is 32.1. The largest absolute Gasteiger partial charge is 0.393 e. The van der Waals surface area contributed by atoms with Gasteiger partial charge < -0.3 is 15.1 Å². The van der Waals surface area contributed by atoms with Crippen molar-refractivity contribution in [3.63, 3.8) is 0 Å². The first kappa shape index (κ1) is 28.7. The number of allylic oxidation sites excluding steroid dienone is 4. The minimum absolute atomic E-state index is 0.00460. The molecule has 2 bridgehead atoms. The van der Waals surface area contributed by atoms with Crippen LogP contribution in [-0.2, 0) is 6.42 Å². The molecule has 0 saturated heterocycles. The van der Waals surface area contributed by atoms with Crippen LogP contribution in [0.2, 0.25) is 0 Å². The summed E-state index contributed by atoms with van der Waals surface area (Å²) < 4.78 is 0. The van der Waals surface area contributed by atoms with Gasteiger partial charge in [0.1, 0.15) is 0 Å². The second-order valence-electron chi connectivity index (χ2n) is 15.0. The molecule has 224 valence electrons. The van der Waals surface area contributed by atoms with Crippen molar-refractivity contribution in [2.75, 3.05) is 20.1 Å². The number of thiophene rings is 1. The number of benzene rings is 1. The van der Waals surface area contributed by atoms with Crippen LogP contribution in [0.4, 0.5) is 0 Å². The molecule has 42 heavy (non-hydrogen) atoms. The molecule has 1 aromatic heterocycles. The maximum atomic E-state index is 14.5. The lowest BCUT2D eigenvalue weighted by atomic mass is 9.32. The number of Topliss-reactive ketones (excluding diaryl/α,β-unsaturated/α-hetero) is 1. The zero-order chi connectivity index (χ0) is 29.5. The molecule has 0 aliphatic heterocycles. The molecule has 6 aliphatic rings. The number of ketones is 1. The molecule has 2 N–H and O–H groups in total. The first-order valence-corrected chi connectivity index (χ1v) is 17.0. The van der Waals surface area contributed by atoms with Crippen LogP contribution in [0.25, 0.3) is 0 Å². The maximum absolute atomic E-state index is 14.5. The molecule has 0 amide bonds. The molecule has 2 aromatic rings. The van der Waals surface area contributed by atoms with Crippen molar-refractivity contribution in [1.29, 1.82) is 0 Å². The van der Waals surface area contributed by atoms with Crippen LogP contribution in [0, 0.1) is 40.4 Å². The molecule has 8 unspecified atom stereocenters. The second kappa shape index (κ2) is 9.72. The summed E-state index contributed by atoms with van der Waals surface area (Å²) in [5.74, 6) is 0.707. The number of rotatable bonds is 7. The number of aliphatic hydroxyl groups excluding tert-OH is 1. The molecule has 5 heteroatoms. The zero-order valence-corrected chi connectivity index (χ0v) is 26.6. The lowest BCUT2D eigenvalue weighted by molar-refractivity contribution is -0.175. The van der Waals surface area contributed by atoms with Gasteiger partial charge in [0.25, 0.3) is 0 Å². The molecule has 2 spiro atoms. The summed E-state index contributed by atoms with van der Waals surface area (Å²) in [7, 11) is 2.15. The van der Waals surface area contributed by atoms with Crippen molar-refractivity contribution in [3.05, 3.63) is 81.6 Å². The summed E-state index contributed by atoms with van der Waals surface area (Å²) in [6.45, 7) is 8.43. The number of carbonyl (C=O) groups excluding carboxylic acids is 1. The number of fused-ring (bicyclic) bond motifs is 1. The Morgan fingerprint density at radius 1 is 0.976 bits per heavy atom. The topological polar surface area (TPSA) is 60.8 Å². The Morgan fingerprint density at radius 2 is 1.69 bits per heavy atom. The summed E-state index contributed by atoms with van der Waals surface area (Å²) >= 11 is 1.60. The Bertz CT molecular complexity index is 1450. The van der Waals surface area contributed by atoms with E-state index in [9.17, 15) is 15.0 Å². The summed E-state index contributed by atoms with van der Waals surface area (Å²) in [6.07, 6.45) is 14.0. The number of hydrogen-bond acceptors (Lipinski definition) is 5. The fourth-order valence-corrected chi connectivity index (χ4v) is 11.6. The summed E-state index contributed by atoms with van der Waals surface area (Å²) in [6, 6.07) is 14.7. The van der Waals surface area contributed by atoms with E-state index < -0.39 is 5.60 Å². The van der Waals surface area contributed by atoms with E-state index in [2.05, 4.69) is 87.3 Å². The highest BCUT2D eigenvalue weighted by Gasteiger charge is 2.74. The Labute approximate surface area is 255 Å². The predicted octanol–water partition coefficient (Wildman–Crippen LogP) is 7.00. The van der Waals surface area contributed by atoms with Crippen LogP contribution < -0.4 is 0 Å². The average molecular weight is 586 g/mol. The summed E-state index contributed by atoms with van der Waals surface area (Å²) in [5.41, 5.74) is 0.530. The van der Waals surface area contributed by atoms with Crippen molar-refractivity contribution < 1.29 is 15.0 Å². The van der Waals surface area contributed by atoms with Gasteiger partial charge in [-0.2, -0.15) is 0 Å². The summed E-state index contributed by atoms with van der Waals surface area (Å²) in [5, 5.41) is 23.5. The van der Waals surface area contributed by atoms with E-state index in [4.69, 9.17) is 0 Å². The van der Waals surface area contributed by atoms with Gasteiger partial charge in [-0.1, -0.05) is 62.4 Å². The van der Waals surface area contributed by atoms with Gasteiger partial charge in [-0.15, -0.1) is 11.3 Å². The fraction of sp³-hybridized carbons (Fsp3) is 0.595. The normalized spacial score (nSPS) is 41.8. The molecule has 6 aliphatic carbocycles.